The van der Waals surface area contributed by atoms with Crippen LogP contribution in [0.3, 0.4) is 0 Å². The standard InChI is InChI=1S/C25H29NO6/c1-29-22-8-5-9-23(14-22)31-11-10-24(27)19-12-20-16-30-17-21(13-19)26(20)25(28)32-15-18-6-3-2-4-7-18/h2-9,14,19-21H,10-13,15-17H2,1H3. The van der Waals surface area contributed by atoms with E-state index in [1.54, 1.807) is 18.1 Å². The van der Waals surface area contributed by atoms with Gasteiger partial charge in [-0.05, 0) is 30.5 Å². The van der Waals surface area contributed by atoms with Gasteiger partial charge in [-0.3, -0.25) is 9.69 Å². The lowest BCUT2D eigenvalue weighted by Gasteiger charge is -2.47. The zero-order valence-corrected chi connectivity index (χ0v) is 18.3. The Morgan fingerprint density at radius 2 is 1.72 bits per heavy atom. The first-order chi connectivity index (χ1) is 15.6. The van der Waals surface area contributed by atoms with Crippen LogP contribution in [0.15, 0.2) is 54.6 Å². The minimum atomic E-state index is -0.334. The number of amides is 1. The lowest BCUT2D eigenvalue weighted by molar-refractivity contribution is -0.131. The summed E-state index contributed by atoms with van der Waals surface area (Å²) in [6.45, 7) is 1.42. The summed E-state index contributed by atoms with van der Waals surface area (Å²) in [5.74, 6) is 1.47. The van der Waals surface area contributed by atoms with Crippen LogP contribution < -0.4 is 9.47 Å². The number of hydrogen-bond donors (Lipinski definition) is 0. The van der Waals surface area contributed by atoms with Gasteiger partial charge >= 0.3 is 6.09 Å². The Hall–Kier alpha value is -3.06. The Morgan fingerprint density at radius 3 is 2.44 bits per heavy atom. The second kappa shape index (κ2) is 10.5. The molecule has 2 atom stereocenters. The number of Topliss-reactive ketones (excluding diaryl/α,β-unsaturated/α-hetero) is 1. The number of ketones is 1. The summed E-state index contributed by atoms with van der Waals surface area (Å²) >= 11 is 0. The Kier molecular flexibility index (Phi) is 7.27. The molecule has 2 heterocycles. The van der Waals surface area contributed by atoms with Crippen molar-refractivity contribution in [3.63, 3.8) is 0 Å². The molecule has 0 spiro atoms. The summed E-state index contributed by atoms with van der Waals surface area (Å²) < 4.78 is 22.1. The fraction of sp³-hybridized carbons (Fsp3) is 0.440. The molecule has 0 aliphatic carbocycles. The van der Waals surface area contributed by atoms with Crippen molar-refractivity contribution in [2.24, 2.45) is 5.92 Å². The van der Waals surface area contributed by atoms with Gasteiger partial charge in [-0.1, -0.05) is 36.4 Å². The number of hydrogen-bond acceptors (Lipinski definition) is 6. The first kappa shape index (κ1) is 22.1. The molecule has 2 aromatic rings. The fourth-order valence-corrected chi connectivity index (χ4v) is 4.43. The van der Waals surface area contributed by atoms with Gasteiger partial charge in [0.15, 0.2) is 0 Å². The highest BCUT2D eigenvalue weighted by atomic mass is 16.6. The van der Waals surface area contributed by atoms with Crippen LogP contribution in [-0.4, -0.2) is 55.8 Å². The molecule has 2 aromatic carbocycles. The highest BCUT2D eigenvalue weighted by Gasteiger charge is 2.44. The highest BCUT2D eigenvalue weighted by molar-refractivity contribution is 5.82. The second-order valence-electron chi connectivity index (χ2n) is 8.20. The van der Waals surface area contributed by atoms with Crippen molar-refractivity contribution in [3.05, 3.63) is 60.2 Å². The minimum absolute atomic E-state index is 0.0963. The zero-order valence-electron chi connectivity index (χ0n) is 18.3. The number of fused-ring (bicyclic) bond motifs is 2. The van der Waals surface area contributed by atoms with E-state index in [-0.39, 0.29) is 36.5 Å². The van der Waals surface area contributed by atoms with E-state index < -0.39 is 0 Å². The molecule has 2 unspecified atom stereocenters. The van der Waals surface area contributed by atoms with E-state index in [4.69, 9.17) is 18.9 Å². The second-order valence-corrected chi connectivity index (χ2v) is 8.20. The molecule has 0 radical (unpaired) electrons. The van der Waals surface area contributed by atoms with Gasteiger partial charge < -0.3 is 18.9 Å². The van der Waals surface area contributed by atoms with Gasteiger partial charge in [-0.25, -0.2) is 4.79 Å². The largest absolute Gasteiger partial charge is 0.497 e. The molecule has 2 fully saturated rings. The molecule has 0 N–H and O–H groups in total. The summed E-state index contributed by atoms with van der Waals surface area (Å²) in [4.78, 5) is 27.4. The van der Waals surface area contributed by atoms with E-state index in [0.717, 1.165) is 5.56 Å². The van der Waals surface area contributed by atoms with Crippen LogP contribution in [0.25, 0.3) is 0 Å². The third-order valence-corrected chi connectivity index (χ3v) is 6.05. The third kappa shape index (κ3) is 5.40. The number of ether oxygens (including phenoxy) is 4. The molecule has 170 valence electrons. The summed E-state index contributed by atoms with van der Waals surface area (Å²) in [6, 6.07) is 16.7. The van der Waals surface area contributed by atoms with E-state index >= 15 is 0 Å². The molecule has 2 bridgehead atoms. The SMILES string of the molecule is COc1cccc(OCCC(=O)C2CC3COCC(C2)N3C(=O)OCc2ccccc2)c1. The number of carbonyl (C=O) groups is 2. The number of morpholine rings is 1. The first-order valence-corrected chi connectivity index (χ1v) is 11.0. The van der Waals surface area contributed by atoms with Crippen LogP contribution in [0.2, 0.25) is 0 Å². The van der Waals surface area contributed by atoms with E-state index in [0.29, 0.717) is 50.6 Å². The fourth-order valence-electron chi connectivity index (χ4n) is 4.43. The summed E-state index contributed by atoms with van der Waals surface area (Å²) in [5, 5.41) is 0. The van der Waals surface area contributed by atoms with Crippen molar-refractivity contribution in [1.82, 2.24) is 4.90 Å². The molecule has 0 saturated carbocycles. The average Bonchev–Trinajstić information content (AvgIpc) is 2.82. The van der Waals surface area contributed by atoms with E-state index in [9.17, 15) is 9.59 Å². The monoisotopic (exact) mass is 439 g/mol. The number of piperidine rings is 1. The van der Waals surface area contributed by atoms with Crippen LogP contribution in [0.1, 0.15) is 24.8 Å². The van der Waals surface area contributed by atoms with Crippen LogP contribution in [0.4, 0.5) is 4.79 Å². The molecule has 4 rings (SSSR count). The summed E-state index contributed by atoms with van der Waals surface area (Å²) in [6.07, 6.45) is 1.18. The molecular weight excluding hydrogens is 410 g/mol. The van der Waals surface area contributed by atoms with E-state index in [2.05, 4.69) is 0 Å². The van der Waals surface area contributed by atoms with Crippen molar-refractivity contribution in [3.8, 4) is 11.5 Å². The Balaban J connectivity index is 1.28. The molecule has 2 aliphatic heterocycles. The number of benzene rings is 2. The molecule has 2 aliphatic rings. The van der Waals surface area contributed by atoms with E-state index in [1.807, 2.05) is 48.5 Å². The molecule has 7 heteroatoms. The maximum Gasteiger partial charge on any atom is 0.410 e. The van der Waals surface area contributed by atoms with Gasteiger partial charge in [0.05, 0.1) is 39.0 Å². The van der Waals surface area contributed by atoms with Crippen molar-refractivity contribution >= 4 is 11.9 Å². The third-order valence-electron chi connectivity index (χ3n) is 6.05. The quantitative estimate of drug-likeness (QED) is 0.622. The van der Waals surface area contributed by atoms with Crippen LogP contribution in [-0.2, 0) is 20.9 Å². The van der Waals surface area contributed by atoms with Gasteiger partial charge in [-0.2, -0.15) is 0 Å². The van der Waals surface area contributed by atoms with Crippen LogP contribution in [0.5, 0.6) is 11.5 Å². The molecule has 7 nitrogen and oxygen atoms in total. The number of carbonyl (C=O) groups excluding carboxylic acids is 2. The lowest BCUT2D eigenvalue weighted by atomic mass is 9.82. The van der Waals surface area contributed by atoms with Gasteiger partial charge in [0, 0.05) is 18.4 Å². The van der Waals surface area contributed by atoms with Crippen molar-refractivity contribution in [2.45, 2.75) is 38.0 Å². The predicted molar refractivity (Wildman–Crippen MR) is 118 cm³/mol. The Bertz CT molecular complexity index is 904. The Labute approximate surface area is 188 Å². The molecular formula is C25H29NO6. The molecule has 0 aromatic heterocycles. The first-order valence-electron chi connectivity index (χ1n) is 11.0. The minimum Gasteiger partial charge on any atom is -0.497 e. The van der Waals surface area contributed by atoms with Crippen molar-refractivity contribution in [2.75, 3.05) is 26.9 Å². The van der Waals surface area contributed by atoms with Crippen molar-refractivity contribution < 1.29 is 28.5 Å². The smallest absolute Gasteiger partial charge is 0.410 e. The summed E-state index contributed by atoms with van der Waals surface area (Å²) in [7, 11) is 1.60. The van der Waals surface area contributed by atoms with Gasteiger partial charge in [0.25, 0.3) is 0 Å². The number of rotatable bonds is 8. The topological polar surface area (TPSA) is 74.3 Å². The van der Waals surface area contributed by atoms with Gasteiger partial charge in [0.1, 0.15) is 23.9 Å². The van der Waals surface area contributed by atoms with Gasteiger partial charge in [0.2, 0.25) is 0 Å². The van der Waals surface area contributed by atoms with Gasteiger partial charge in [-0.15, -0.1) is 0 Å². The van der Waals surface area contributed by atoms with Crippen molar-refractivity contribution in [1.29, 1.82) is 0 Å². The maximum atomic E-state index is 12.8. The van der Waals surface area contributed by atoms with Crippen LogP contribution >= 0.6 is 0 Å². The predicted octanol–water partition coefficient (Wildman–Crippen LogP) is 3.85. The highest BCUT2D eigenvalue weighted by Crippen LogP contribution is 2.33. The average molecular weight is 440 g/mol. The maximum absolute atomic E-state index is 12.8. The number of nitrogens with zero attached hydrogens (tertiary/aromatic N) is 1. The molecule has 32 heavy (non-hydrogen) atoms. The molecule has 1 amide bonds. The number of methoxy groups -OCH3 is 1. The summed E-state index contributed by atoms with van der Waals surface area (Å²) in [5.41, 5.74) is 0.948. The normalized spacial score (nSPS) is 22.2. The lowest BCUT2D eigenvalue weighted by Crippen LogP contribution is -2.60. The van der Waals surface area contributed by atoms with Crippen LogP contribution in [0, 0.1) is 5.92 Å². The Morgan fingerprint density at radius 1 is 1.00 bits per heavy atom. The molecule has 2 saturated heterocycles. The van der Waals surface area contributed by atoms with E-state index in [1.165, 1.54) is 0 Å². The zero-order chi connectivity index (χ0) is 22.3.